The van der Waals surface area contributed by atoms with Gasteiger partial charge in [-0.3, -0.25) is 13.9 Å². The number of amides is 1. The highest BCUT2D eigenvalue weighted by Crippen LogP contribution is 2.61. The molecule has 1 amide bonds. The van der Waals surface area contributed by atoms with Crippen LogP contribution in [0.15, 0.2) is 28.0 Å². The number of fused-ring (bicyclic) bond motifs is 1. The van der Waals surface area contributed by atoms with Crippen molar-refractivity contribution in [1.82, 2.24) is 0 Å². The van der Waals surface area contributed by atoms with E-state index in [-0.39, 0.29) is 11.5 Å². The molecular formula is C11H13NO4S. The highest BCUT2D eigenvalue weighted by atomic mass is 32.3. The third-order valence-corrected chi connectivity index (χ3v) is 4.57. The van der Waals surface area contributed by atoms with E-state index in [9.17, 15) is 13.9 Å². The van der Waals surface area contributed by atoms with Crippen LogP contribution in [0, 0.1) is 0 Å². The second-order valence-electron chi connectivity index (χ2n) is 3.72. The molecule has 0 saturated heterocycles. The average Bonchev–Trinajstić information content (AvgIpc) is 2.53. The van der Waals surface area contributed by atoms with Crippen LogP contribution in [0.2, 0.25) is 0 Å². The molecule has 0 aromatic heterocycles. The number of hydrogen-bond donors (Lipinski definition) is 4. The molecule has 5 nitrogen and oxygen atoms in total. The van der Waals surface area contributed by atoms with Crippen molar-refractivity contribution in [2.75, 3.05) is 6.61 Å². The van der Waals surface area contributed by atoms with E-state index in [1.165, 1.54) is 6.08 Å². The topological polar surface area (TPSA) is 104 Å². The minimum Gasteiger partial charge on any atom is -0.396 e. The molecule has 0 spiro atoms. The standard InChI is InChI=1S/C11H13NO4S/c12-11(14)10-6-8-7(4-5-13)2-1-3-9(8)17(10,15)16/h1-3,6,13,15-16H,4-5H2,(H2,12,14). The zero-order chi connectivity index (χ0) is 12.6. The lowest BCUT2D eigenvalue weighted by molar-refractivity contribution is -0.113. The second kappa shape index (κ2) is 4.15. The van der Waals surface area contributed by atoms with Crippen molar-refractivity contribution in [3.8, 4) is 0 Å². The van der Waals surface area contributed by atoms with Crippen LogP contribution in [-0.4, -0.2) is 26.7 Å². The fraction of sp³-hybridized carbons (Fsp3) is 0.182. The molecular weight excluding hydrogens is 242 g/mol. The molecule has 1 aliphatic heterocycles. The van der Waals surface area contributed by atoms with Crippen molar-refractivity contribution in [3.63, 3.8) is 0 Å². The number of rotatable bonds is 3. The Balaban J connectivity index is 2.59. The van der Waals surface area contributed by atoms with Crippen molar-refractivity contribution >= 4 is 22.6 Å². The third-order valence-electron chi connectivity index (χ3n) is 2.67. The van der Waals surface area contributed by atoms with Gasteiger partial charge in [0, 0.05) is 12.2 Å². The van der Waals surface area contributed by atoms with Crippen LogP contribution in [-0.2, 0) is 11.2 Å². The van der Waals surface area contributed by atoms with Crippen molar-refractivity contribution in [3.05, 3.63) is 34.2 Å². The van der Waals surface area contributed by atoms with Crippen molar-refractivity contribution in [2.24, 2.45) is 5.73 Å². The monoisotopic (exact) mass is 255 g/mol. The minimum absolute atomic E-state index is 0.0462. The fourth-order valence-electron chi connectivity index (χ4n) is 1.88. The summed E-state index contributed by atoms with van der Waals surface area (Å²) >= 11 is 0. The number of hydrogen-bond acceptors (Lipinski definition) is 4. The predicted molar refractivity (Wildman–Crippen MR) is 65.5 cm³/mol. The molecule has 0 bridgehead atoms. The van der Waals surface area contributed by atoms with Gasteiger partial charge < -0.3 is 10.8 Å². The molecule has 0 fully saturated rings. The zero-order valence-corrected chi connectivity index (χ0v) is 9.78. The quantitative estimate of drug-likeness (QED) is 0.650. The van der Waals surface area contributed by atoms with E-state index in [0.29, 0.717) is 16.9 Å². The molecule has 0 saturated carbocycles. The van der Waals surface area contributed by atoms with Crippen LogP contribution in [0.3, 0.4) is 0 Å². The van der Waals surface area contributed by atoms with Crippen LogP contribution in [0.4, 0.5) is 0 Å². The Bertz CT molecular complexity index is 510. The van der Waals surface area contributed by atoms with Crippen LogP contribution < -0.4 is 5.73 Å². The van der Waals surface area contributed by atoms with Gasteiger partial charge in [-0.05, 0) is 24.1 Å². The number of nitrogens with two attached hydrogens (primary N) is 1. The van der Waals surface area contributed by atoms with Gasteiger partial charge in [0.15, 0.2) is 0 Å². The molecule has 17 heavy (non-hydrogen) atoms. The molecule has 0 radical (unpaired) electrons. The number of aliphatic hydroxyl groups excluding tert-OH is 1. The van der Waals surface area contributed by atoms with E-state index < -0.39 is 16.5 Å². The third kappa shape index (κ3) is 1.85. The molecule has 92 valence electrons. The fourth-order valence-corrected chi connectivity index (χ4v) is 3.45. The van der Waals surface area contributed by atoms with Crippen LogP contribution >= 0.6 is 10.6 Å². The summed E-state index contributed by atoms with van der Waals surface area (Å²) in [5, 5.41) is 8.93. The Hall–Kier alpha value is -1.34. The van der Waals surface area contributed by atoms with Crippen LogP contribution in [0.5, 0.6) is 0 Å². The average molecular weight is 255 g/mol. The summed E-state index contributed by atoms with van der Waals surface area (Å²) < 4.78 is 20.0. The Morgan fingerprint density at radius 3 is 2.65 bits per heavy atom. The van der Waals surface area contributed by atoms with Gasteiger partial charge in [-0.15, -0.1) is 10.6 Å². The van der Waals surface area contributed by atoms with Gasteiger partial charge in [0.25, 0.3) is 5.91 Å². The first-order valence-corrected chi connectivity index (χ1v) is 6.55. The lowest BCUT2D eigenvalue weighted by atomic mass is 10.0. The van der Waals surface area contributed by atoms with Gasteiger partial charge in [-0.1, -0.05) is 12.1 Å². The largest absolute Gasteiger partial charge is 0.396 e. The summed E-state index contributed by atoms with van der Waals surface area (Å²) in [6.45, 7) is -0.0462. The van der Waals surface area contributed by atoms with Crippen molar-refractivity contribution < 1.29 is 19.0 Å². The highest BCUT2D eigenvalue weighted by Gasteiger charge is 2.34. The molecule has 1 aliphatic rings. The second-order valence-corrected chi connectivity index (χ2v) is 5.70. The lowest BCUT2D eigenvalue weighted by Gasteiger charge is -2.29. The molecule has 5 N–H and O–H groups in total. The maximum Gasteiger partial charge on any atom is 0.265 e. The number of carbonyl (C=O) groups excluding carboxylic acids is 1. The summed E-state index contributed by atoms with van der Waals surface area (Å²) in [6.07, 6.45) is 1.79. The number of primary amides is 1. The lowest BCUT2D eigenvalue weighted by Crippen LogP contribution is -2.16. The summed E-state index contributed by atoms with van der Waals surface area (Å²) in [5.41, 5.74) is 6.47. The number of aliphatic hydroxyl groups is 1. The summed E-state index contributed by atoms with van der Waals surface area (Å²) in [7, 11) is -3.28. The number of benzene rings is 1. The van der Waals surface area contributed by atoms with Crippen LogP contribution in [0.25, 0.3) is 6.08 Å². The highest BCUT2D eigenvalue weighted by molar-refractivity contribution is 8.28. The summed E-state index contributed by atoms with van der Waals surface area (Å²) in [6, 6.07) is 4.98. The molecule has 1 aromatic carbocycles. The molecule has 1 heterocycles. The maximum absolute atomic E-state index is 11.2. The summed E-state index contributed by atoms with van der Waals surface area (Å²) in [4.78, 5) is 11.3. The summed E-state index contributed by atoms with van der Waals surface area (Å²) in [5.74, 6) is -0.837. The zero-order valence-electron chi connectivity index (χ0n) is 8.96. The van der Waals surface area contributed by atoms with E-state index in [2.05, 4.69) is 0 Å². The SMILES string of the molecule is NC(=O)C1=Cc2c(CCO)cccc2S1(O)O. The molecule has 1 aromatic rings. The molecule has 0 aliphatic carbocycles. The first-order chi connectivity index (χ1) is 7.98. The Kier molecular flexibility index (Phi) is 2.96. The van der Waals surface area contributed by atoms with E-state index in [0.717, 1.165) is 5.56 Å². The minimum atomic E-state index is -3.28. The van der Waals surface area contributed by atoms with Gasteiger partial charge in [-0.2, -0.15) is 0 Å². The maximum atomic E-state index is 11.2. The van der Waals surface area contributed by atoms with E-state index >= 15 is 0 Å². The van der Waals surface area contributed by atoms with Gasteiger partial charge in [0.05, 0.1) is 4.90 Å². The van der Waals surface area contributed by atoms with Crippen molar-refractivity contribution in [1.29, 1.82) is 0 Å². The number of carbonyl (C=O) groups is 1. The van der Waals surface area contributed by atoms with Gasteiger partial charge >= 0.3 is 0 Å². The molecule has 0 atom stereocenters. The Labute approximate surface area is 99.9 Å². The van der Waals surface area contributed by atoms with Gasteiger partial charge in [0.2, 0.25) is 0 Å². The predicted octanol–water partition coefficient (Wildman–Crippen LogP) is 1.17. The molecule has 2 rings (SSSR count). The van der Waals surface area contributed by atoms with E-state index in [1.807, 2.05) is 0 Å². The van der Waals surface area contributed by atoms with E-state index in [4.69, 9.17) is 10.8 Å². The van der Waals surface area contributed by atoms with Gasteiger partial charge in [0.1, 0.15) is 4.91 Å². The normalized spacial score (nSPS) is 18.4. The Morgan fingerprint density at radius 2 is 2.06 bits per heavy atom. The first-order valence-electron chi connectivity index (χ1n) is 5.01. The molecule has 6 heteroatoms. The van der Waals surface area contributed by atoms with Gasteiger partial charge in [-0.25, -0.2) is 0 Å². The first kappa shape index (κ1) is 12.1. The van der Waals surface area contributed by atoms with Crippen molar-refractivity contribution in [2.45, 2.75) is 11.3 Å². The van der Waals surface area contributed by atoms with Crippen LogP contribution in [0.1, 0.15) is 11.1 Å². The molecule has 0 unspecified atom stereocenters. The van der Waals surface area contributed by atoms with E-state index in [1.54, 1.807) is 18.2 Å². The smallest absolute Gasteiger partial charge is 0.265 e. The Morgan fingerprint density at radius 1 is 1.35 bits per heavy atom.